The molecule has 0 bridgehead atoms. The molecule has 19 heavy (non-hydrogen) atoms. The van der Waals surface area contributed by atoms with Crippen LogP contribution in [0.4, 0.5) is 0 Å². The van der Waals surface area contributed by atoms with E-state index in [9.17, 15) is 0 Å². The number of benzene rings is 1. The Kier molecular flexibility index (Phi) is 4.30. The van der Waals surface area contributed by atoms with Gasteiger partial charge < -0.3 is 0 Å². The Bertz CT molecular complexity index is 584. The first-order valence-corrected chi connectivity index (χ1v) is 6.50. The fourth-order valence-electron chi connectivity index (χ4n) is 2.23. The quantitative estimate of drug-likeness (QED) is 0.716. The number of rotatable bonds is 3. The van der Waals surface area contributed by atoms with Crippen LogP contribution in [0.3, 0.4) is 0 Å². The van der Waals surface area contributed by atoms with Crippen molar-refractivity contribution >= 4 is 12.2 Å². The van der Waals surface area contributed by atoms with Gasteiger partial charge in [-0.25, -0.2) is 0 Å². The molecule has 0 radical (unpaired) electrons. The van der Waals surface area contributed by atoms with Crippen molar-refractivity contribution in [2.75, 3.05) is 0 Å². The smallest absolute Gasteiger partial charge is 0.0629 e. The van der Waals surface area contributed by atoms with Crippen molar-refractivity contribution in [2.45, 2.75) is 20.8 Å². The summed E-state index contributed by atoms with van der Waals surface area (Å²) in [4.78, 5) is 4.25. The lowest BCUT2D eigenvalue weighted by molar-refractivity contribution is 1.30. The van der Waals surface area contributed by atoms with Gasteiger partial charge in [-0.3, -0.25) is 4.98 Å². The maximum Gasteiger partial charge on any atom is 0.0629 e. The third-order valence-electron chi connectivity index (χ3n) is 3.07. The molecule has 0 aliphatic rings. The highest BCUT2D eigenvalue weighted by atomic mass is 14.6. The Morgan fingerprint density at radius 1 is 0.895 bits per heavy atom. The van der Waals surface area contributed by atoms with Gasteiger partial charge in [-0.15, -0.1) is 0 Å². The maximum absolute atomic E-state index is 4.25. The first-order valence-electron chi connectivity index (χ1n) is 6.50. The van der Waals surface area contributed by atoms with Crippen molar-refractivity contribution in [3.8, 4) is 0 Å². The molecule has 1 aromatic carbocycles. The summed E-state index contributed by atoms with van der Waals surface area (Å²) in [6.45, 7) is 6.44. The van der Waals surface area contributed by atoms with E-state index in [-0.39, 0.29) is 0 Å². The SMILES string of the molecule is Cc1cc(C)c(C=CC=Cc2ccccn2)c(C)c1. The monoisotopic (exact) mass is 249 g/mol. The van der Waals surface area contributed by atoms with Crippen LogP contribution in [0.25, 0.3) is 12.2 Å². The summed E-state index contributed by atoms with van der Waals surface area (Å²) in [5.41, 5.74) is 6.23. The van der Waals surface area contributed by atoms with Gasteiger partial charge in [0.05, 0.1) is 5.69 Å². The van der Waals surface area contributed by atoms with Gasteiger partial charge in [0.15, 0.2) is 0 Å². The number of pyridine rings is 1. The summed E-state index contributed by atoms with van der Waals surface area (Å²) in [5, 5.41) is 0. The fraction of sp³-hybridized carbons (Fsp3) is 0.167. The normalized spacial score (nSPS) is 11.5. The minimum atomic E-state index is 0.976. The molecule has 0 fully saturated rings. The van der Waals surface area contributed by atoms with Crippen LogP contribution >= 0.6 is 0 Å². The number of nitrogens with zero attached hydrogens (tertiary/aromatic N) is 1. The standard InChI is InChI=1S/C18H19N/c1-14-12-15(2)18(16(3)13-14)10-5-4-8-17-9-6-7-11-19-17/h4-13H,1-3H3. The van der Waals surface area contributed by atoms with E-state index in [2.05, 4.69) is 50.0 Å². The molecule has 0 unspecified atom stereocenters. The summed E-state index contributed by atoms with van der Waals surface area (Å²) in [6.07, 6.45) is 10.1. The highest BCUT2D eigenvalue weighted by molar-refractivity contribution is 5.61. The maximum atomic E-state index is 4.25. The highest BCUT2D eigenvalue weighted by Gasteiger charge is 1.99. The summed E-state index contributed by atoms with van der Waals surface area (Å²) in [5.74, 6) is 0. The van der Waals surface area contributed by atoms with Crippen molar-refractivity contribution in [2.24, 2.45) is 0 Å². The first kappa shape index (κ1) is 13.3. The Labute approximate surface area is 115 Å². The predicted octanol–water partition coefficient (Wildman–Crippen LogP) is 4.73. The first-order chi connectivity index (χ1) is 9.16. The third-order valence-corrected chi connectivity index (χ3v) is 3.07. The van der Waals surface area contributed by atoms with Gasteiger partial charge in [0.2, 0.25) is 0 Å². The molecule has 0 amide bonds. The molecule has 1 heterocycles. The van der Waals surface area contributed by atoms with Gasteiger partial charge in [0.25, 0.3) is 0 Å². The van der Waals surface area contributed by atoms with Gasteiger partial charge in [0.1, 0.15) is 0 Å². The molecular weight excluding hydrogens is 230 g/mol. The molecule has 96 valence electrons. The zero-order valence-corrected chi connectivity index (χ0v) is 11.7. The molecule has 0 atom stereocenters. The lowest BCUT2D eigenvalue weighted by atomic mass is 9.99. The van der Waals surface area contributed by atoms with E-state index in [1.807, 2.05) is 30.4 Å². The van der Waals surface area contributed by atoms with Crippen molar-refractivity contribution in [1.82, 2.24) is 4.98 Å². The molecule has 1 nitrogen and oxygen atoms in total. The Morgan fingerprint density at radius 2 is 1.58 bits per heavy atom. The molecule has 0 saturated carbocycles. The number of allylic oxidation sites excluding steroid dienone is 2. The number of hydrogen-bond acceptors (Lipinski definition) is 1. The molecule has 0 aliphatic heterocycles. The second-order valence-electron chi connectivity index (χ2n) is 4.79. The van der Waals surface area contributed by atoms with Crippen LogP contribution in [0.1, 0.15) is 27.9 Å². The van der Waals surface area contributed by atoms with E-state index in [1.165, 1.54) is 22.3 Å². The largest absolute Gasteiger partial charge is 0.257 e. The van der Waals surface area contributed by atoms with E-state index < -0.39 is 0 Å². The van der Waals surface area contributed by atoms with E-state index in [0.29, 0.717) is 0 Å². The van der Waals surface area contributed by atoms with Crippen LogP contribution in [0.2, 0.25) is 0 Å². The molecule has 2 rings (SSSR count). The summed E-state index contributed by atoms with van der Waals surface area (Å²) in [7, 11) is 0. The van der Waals surface area contributed by atoms with Crippen molar-refractivity contribution in [3.05, 3.63) is 76.6 Å². The van der Waals surface area contributed by atoms with Crippen LogP contribution in [0.15, 0.2) is 48.7 Å². The Hall–Kier alpha value is -2.15. The van der Waals surface area contributed by atoms with Crippen molar-refractivity contribution in [1.29, 1.82) is 0 Å². The van der Waals surface area contributed by atoms with Crippen LogP contribution in [0, 0.1) is 20.8 Å². The van der Waals surface area contributed by atoms with Gasteiger partial charge in [-0.05, 0) is 55.7 Å². The summed E-state index contributed by atoms with van der Waals surface area (Å²) in [6, 6.07) is 10.3. The van der Waals surface area contributed by atoms with Gasteiger partial charge >= 0.3 is 0 Å². The van der Waals surface area contributed by atoms with Crippen LogP contribution < -0.4 is 0 Å². The predicted molar refractivity (Wildman–Crippen MR) is 83.0 cm³/mol. The fourth-order valence-corrected chi connectivity index (χ4v) is 2.23. The zero-order chi connectivity index (χ0) is 13.7. The number of hydrogen-bond donors (Lipinski definition) is 0. The molecular formula is C18H19N. The number of aryl methyl sites for hydroxylation is 3. The minimum Gasteiger partial charge on any atom is -0.257 e. The van der Waals surface area contributed by atoms with E-state index >= 15 is 0 Å². The highest BCUT2D eigenvalue weighted by Crippen LogP contribution is 2.17. The van der Waals surface area contributed by atoms with Gasteiger partial charge in [0, 0.05) is 6.20 Å². The average Bonchev–Trinajstić information content (AvgIpc) is 2.38. The van der Waals surface area contributed by atoms with E-state index in [0.717, 1.165) is 5.69 Å². The van der Waals surface area contributed by atoms with E-state index in [1.54, 1.807) is 6.20 Å². The van der Waals surface area contributed by atoms with Crippen molar-refractivity contribution < 1.29 is 0 Å². The second kappa shape index (κ2) is 6.14. The molecule has 1 aromatic heterocycles. The molecule has 0 spiro atoms. The topological polar surface area (TPSA) is 12.9 Å². The van der Waals surface area contributed by atoms with Crippen LogP contribution in [0.5, 0.6) is 0 Å². The minimum absolute atomic E-state index is 0.976. The lowest BCUT2D eigenvalue weighted by Gasteiger charge is -2.06. The molecule has 0 N–H and O–H groups in total. The van der Waals surface area contributed by atoms with Crippen molar-refractivity contribution in [3.63, 3.8) is 0 Å². The van der Waals surface area contributed by atoms with Crippen LogP contribution in [-0.4, -0.2) is 4.98 Å². The average molecular weight is 249 g/mol. The summed E-state index contributed by atoms with van der Waals surface area (Å²) < 4.78 is 0. The zero-order valence-electron chi connectivity index (χ0n) is 11.7. The van der Waals surface area contributed by atoms with Gasteiger partial charge in [-0.1, -0.05) is 42.0 Å². The molecule has 0 saturated heterocycles. The van der Waals surface area contributed by atoms with E-state index in [4.69, 9.17) is 0 Å². The summed E-state index contributed by atoms with van der Waals surface area (Å²) >= 11 is 0. The lowest BCUT2D eigenvalue weighted by Crippen LogP contribution is -1.87. The number of aromatic nitrogens is 1. The Balaban J connectivity index is 2.14. The Morgan fingerprint density at radius 3 is 2.21 bits per heavy atom. The molecule has 1 heteroatoms. The molecule has 2 aromatic rings. The molecule has 0 aliphatic carbocycles. The second-order valence-corrected chi connectivity index (χ2v) is 4.79. The third kappa shape index (κ3) is 3.65. The van der Waals surface area contributed by atoms with Crippen LogP contribution in [-0.2, 0) is 0 Å². The van der Waals surface area contributed by atoms with Gasteiger partial charge in [-0.2, -0.15) is 0 Å².